The molecule has 6 nitrogen and oxygen atoms in total. The van der Waals surface area contributed by atoms with Gasteiger partial charge >= 0.3 is 0 Å². The van der Waals surface area contributed by atoms with Gasteiger partial charge in [-0.3, -0.25) is 9.48 Å². The number of aryl methyl sites for hydroxylation is 1. The Hall–Kier alpha value is -2.44. The van der Waals surface area contributed by atoms with E-state index in [4.69, 9.17) is 0 Å². The lowest BCUT2D eigenvalue weighted by Crippen LogP contribution is -2.27. The highest BCUT2D eigenvalue weighted by molar-refractivity contribution is 5.95. The van der Waals surface area contributed by atoms with Gasteiger partial charge in [-0.05, 0) is 19.1 Å². The molecule has 0 aliphatic heterocycles. The zero-order chi connectivity index (χ0) is 15.2. The predicted molar refractivity (Wildman–Crippen MR) is 77.6 cm³/mol. The van der Waals surface area contributed by atoms with Crippen LogP contribution in [0.4, 0.5) is 10.2 Å². The van der Waals surface area contributed by atoms with Crippen LogP contribution in [0.3, 0.4) is 0 Å². The molecule has 0 fully saturated rings. The minimum atomic E-state index is -0.630. The summed E-state index contributed by atoms with van der Waals surface area (Å²) in [6.45, 7) is 2.77. The second-order valence-electron chi connectivity index (χ2n) is 4.54. The zero-order valence-corrected chi connectivity index (χ0v) is 12.1. The summed E-state index contributed by atoms with van der Waals surface area (Å²) in [7, 11) is 1.83. The highest BCUT2D eigenvalue weighted by Gasteiger charge is 2.15. The fourth-order valence-corrected chi connectivity index (χ4v) is 1.91. The molecule has 2 N–H and O–H groups in total. The van der Waals surface area contributed by atoms with Crippen LogP contribution in [0.1, 0.15) is 23.0 Å². The molecular weight excluding hydrogens is 273 g/mol. The summed E-state index contributed by atoms with van der Waals surface area (Å²) in [4.78, 5) is 15.8. The molecule has 2 heterocycles. The van der Waals surface area contributed by atoms with Gasteiger partial charge in [0.2, 0.25) is 0 Å². The number of carbonyl (C=O) groups excluding carboxylic acids is 1. The number of nitrogens with zero attached hydrogens (tertiary/aromatic N) is 3. The molecule has 0 aliphatic rings. The molecule has 1 amide bonds. The number of rotatable bonds is 6. The number of anilines is 1. The second kappa shape index (κ2) is 6.83. The normalized spacial score (nSPS) is 10.4. The first-order valence-corrected chi connectivity index (χ1v) is 6.77. The Morgan fingerprint density at radius 3 is 2.90 bits per heavy atom. The van der Waals surface area contributed by atoms with E-state index in [0.717, 1.165) is 5.69 Å². The molecule has 0 aromatic carbocycles. The lowest BCUT2D eigenvalue weighted by atomic mass is 10.2. The lowest BCUT2D eigenvalue weighted by molar-refractivity contribution is 0.0950. The van der Waals surface area contributed by atoms with Gasteiger partial charge < -0.3 is 10.6 Å². The minimum absolute atomic E-state index is 0.0121. The second-order valence-corrected chi connectivity index (χ2v) is 4.54. The number of hydrogen-bond donors (Lipinski definition) is 2. The van der Waals surface area contributed by atoms with Crippen LogP contribution in [0.25, 0.3) is 0 Å². The van der Waals surface area contributed by atoms with E-state index in [1.165, 1.54) is 12.3 Å². The van der Waals surface area contributed by atoms with Gasteiger partial charge in [-0.25, -0.2) is 9.37 Å². The number of carbonyl (C=O) groups is 1. The number of halogens is 1. The van der Waals surface area contributed by atoms with Crippen LogP contribution in [-0.2, 0) is 13.5 Å². The Bertz CT molecular complexity index is 626. The largest absolute Gasteiger partial charge is 0.368 e. The average molecular weight is 291 g/mol. The topological polar surface area (TPSA) is 71.8 Å². The van der Waals surface area contributed by atoms with Crippen LogP contribution < -0.4 is 10.6 Å². The zero-order valence-electron chi connectivity index (χ0n) is 12.1. The van der Waals surface area contributed by atoms with Crippen molar-refractivity contribution < 1.29 is 9.18 Å². The highest BCUT2D eigenvalue weighted by Crippen LogP contribution is 2.14. The summed E-state index contributed by atoms with van der Waals surface area (Å²) in [5.41, 5.74) is 0.864. The molecule has 2 aromatic rings. The van der Waals surface area contributed by atoms with Crippen molar-refractivity contribution >= 4 is 11.7 Å². The van der Waals surface area contributed by atoms with Crippen LogP contribution in [0.2, 0.25) is 0 Å². The Kier molecular flexibility index (Phi) is 4.86. The third-order valence-corrected chi connectivity index (χ3v) is 2.91. The SMILES string of the molecule is CCNc1nccc(C(=O)NCCc2ccn(C)n2)c1F. The van der Waals surface area contributed by atoms with Crippen molar-refractivity contribution in [1.82, 2.24) is 20.1 Å². The molecule has 0 aliphatic carbocycles. The summed E-state index contributed by atoms with van der Waals surface area (Å²) < 4.78 is 15.8. The molecule has 0 saturated carbocycles. The third kappa shape index (κ3) is 3.77. The molecule has 21 heavy (non-hydrogen) atoms. The van der Waals surface area contributed by atoms with Gasteiger partial charge in [0.05, 0.1) is 11.3 Å². The summed E-state index contributed by atoms with van der Waals surface area (Å²) >= 11 is 0. The van der Waals surface area contributed by atoms with E-state index in [-0.39, 0.29) is 11.4 Å². The first-order valence-electron chi connectivity index (χ1n) is 6.77. The van der Waals surface area contributed by atoms with E-state index in [9.17, 15) is 9.18 Å². The maximum absolute atomic E-state index is 14.1. The maximum atomic E-state index is 14.1. The van der Waals surface area contributed by atoms with Crippen LogP contribution >= 0.6 is 0 Å². The molecule has 112 valence electrons. The van der Waals surface area contributed by atoms with Crippen molar-refractivity contribution in [2.75, 3.05) is 18.4 Å². The molecular formula is C14H18FN5O. The van der Waals surface area contributed by atoms with Gasteiger partial charge in [0.15, 0.2) is 11.6 Å². The number of pyridine rings is 1. The summed E-state index contributed by atoms with van der Waals surface area (Å²) in [5.74, 6) is -0.991. The summed E-state index contributed by atoms with van der Waals surface area (Å²) in [5, 5.41) is 9.67. The molecule has 0 saturated heterocycles. The highest BCUT2D eigenvalue weighted by atomic mass is 19.1. The molecule has 0 spiro atoms. The fourth-order valence-electron chi connectivity index (χ4n) is 1.91. The Labute approximate surface area is 122 Å². The van der Waals surface area contributed by atoms with E-state index in [1.54, 1.807) is 4.68 Å². The van der Waals surface area contributed by atoms with Crippen LogP contribution in [0.5, 0.6) is 0 Å². The van der Waals surface area contributed by atoms with E-state index in [2.05, 4.69) is 20.7 Å². The molecule has 2 aromatic heterocycles. The molecule has 0 radical (unpaired) electrons. The molecule has 0 bridgehead atoms. The fraction of sp³-hybridized carbons (Fsp3) is 0.357. The first-order chi connectivity index (χ1) is 10.1. The number of aromatic nitrogens is 3. The van der Waals surface area contributed by atoms with Crippen molar-refractivity contribution in [3.05, 3.63) is 41.6 Å². The monoisotopic (exact) mass is 291 g/mol. The number of nitrogens with one attached hydrogen (secondary N) is 2. The van der Waals surface area contributed by atoms with Crippen molar-refractivity contribution in [3.63, 3.8) is 0 Å². The van der Waals surface area contributed by atoms with E-state index in [0.29, 0.717) is 19.5 Å². The molecule has 7 heteroatoms. The van der Waals surface area contributed by atoms with Crippen LogP contribution in [0, 0.1) is 5.82 Å². The number of amides is 1. The van der Waals surface area contributed by atoms with Gasteiger partial charge in [0.1, 0.15) is 0 Å². The Morgan fingerprint density at radius 1 is 1.43 bits per heavy atom. The van der Waals surface area contributed by atoms with Gasteiger partial charge in [-0.15, -0.1) is 0 Å². The third-order valence-electron chi connectivity index (χ3n) is 2.91. The van der Waals surface area contributed by atoms with E-state index in [1.807, 2.05) is 26.2 Å². The van der Waals surface area contributed by atoms with Crippen LogP contribution in [-0.4, -0.2) is 33.8 Å². The molecule has 0 unspecified atom stereocenters. The van der Waals surface area contributed by atoms with E-state index >= 15 is 0 Å². The maximum Gasteiger partial charge on any atom is 0.254 e. The van der Waals surface area contributed by atoms with Crippen molar-refractivity contribution in [2.24, 2.45) is 7.05 Å². The van der Waals surface area contributed by atoms with Gasteiger partial charge in [0, 0.05) is 39.0 Å². The van der Waals surface area contributed by atoms with Gasteiger partial charge in [0.25, 0.3) is 5.91 Å². The van der Waals surface area contributed by atoms with Gasteiger partial charge in [-0.1, -0.05) is 0 Å². The van der Waals surface area contributed by atoms with E-state index < -0.39 is 11.7 Å². The predicted octanol–water partition coefficient (Wildman–Crippen LogP) is 1.36. The average Bonchev–Trinajstić information content (AvgIpc) is 2.87. The smallest absolute Gasteiger partial charge is 0.254 e. The number of hydrogen-bond acceptors (Lipinski definition) is 4. The first kappa shape index (κ1) is 15.0. The quantitative estimate of drug-likeness (QED) is 0.843. The minimum Gasteiger partial charge on any atom is -0.368 e. The summed E-state index contributed by atoms with van der Waals surface area (Å²) in [6.07, 6.45) is 3.84. The van der Waals surface area contributed by atoms with Gasteiger partial charge in [-0.2, -0.15) is 5.10 Å². The van der Waals surface area contributed by atoms with Crippen molar-refractivity contribution in [2.45, 2.75) is 13.3 Å². The molecule has 2 rings (SSSR count). The molecule has 0 atom stereocenters. The van der Waals surface area contributed by atoms with Crippen LogP contribution in [0.15, 0.2) is 24.5 Å². The Morgan fingerprint density at radius 2 is 2.24 bits per heavy atom. The Balaban J connectivity index is 1.95. The lowest BCUT2D eigenvalue weighted by Gasteiger charge is -2.08. The van der Waals surface area contributed by atoms with Crippen molar-refractivity contribution in [3.8, 4) is 0 Å². The summed E-state index contributed by atoms with van der Waals surface area (Å²) in [6, 6.07) is 3.24. The van der Waals surface area contributed by atoms with Crippen molar-refractivity contribution in [1.29, 1.82) is 0 Å². The standard InChI is InChI=1S/C14H18FN5O/c1-3-16-13-12(15)11(5-8-17-13)14(21)18-7-4-10-6-9-20(2)19-10/h5-6,8-9H,3-4,7H2,1-2H3,(H,16,17)(H,18,21).